The Morgan fingerprint density at radius 1 is 1.50 bits per heavy atom. The second kappa shape index (κ2) is 4.68. The van der Waals surface area contributed by atoms with Crippen LogP contribution in [0.5, 0.6) is 0 Å². The van der Waals surface area contributed by atoms with Gasteiger partial charge in [-0.3, -0.25) is 0 Å². The van der Waals surface area contributed by atoms with Crippen molar-refractivity contribution in [2.45, 2.75) is 25.7 Å². The van der Waals surface area contributed by atoms with E-state index in [0.717, 1.165) is 12.3 Å². The van der Waals surface area contributed by atoms with Crippen LogP contribution in [-0.2, 0) is 0 Å². The second-order valence-corrected chi connectivity index (χ2v) is 3.68. The fraction of sp³-hybridized carbons (Fsp3) is 0.778. The average Bonchev–Trinajstić information content (AvgIpc) is 2.71. The lowest BCUT2D eigenvalue weighted by molar-refractivity contribution is 0.993. The smallest absolute Gasteiger partial charge is 0.0203 e. The maximum Gasteiger partial charge on any atom is 0.0203 e. The Bertz CT molecular complexity index is 137. The van der Waals surface area contributed by atoms with E-state index < -0.39 is 0 Å². The van der Waals surface area contributed by atoms with Crippen molar-refractivity contribution in [2.24, 2.45) is 5.92 Å². The molecule has 0 atom stereocenters. The molecule has 0 aromatic rings. The standard InChI is InChI=1S/C9H14S/c1-10-8-4-2-3-5-9-6-7-9/h9H,2,4,6-8H2,1H3. The van der Waals surface area contributed by atoms with Crippen molar-refractivity contribution in [1.82, 2.24) is 0 Å². The van der Waals surface area contributed by atoms with E-state index in [2.05, 4.69) is 18.1 Å². The Morgan fingerprint density at radius 3 is 2.90 bits per heavy atom. The largest absolute Gasteiger partial charge is 0.165 e. The molecule has 0 aliphatic heterocycles. The Kier molecular flexibility index (Phi) is 3.75. The van der Waals surface area contributed by atoms with Crippen LogP contribution in [0.15, 0.2) is 0 Å². The summed E-state index contributed by atoms with van der Waals surface area (Å²) < 4.78 is 0. The normalized spacial score (nSPS) is 16.1. The van der Waals surface area contributed by atoms with Crippen LogP contribution >= 0.6 is 11.8 Å². The SMILES string of the molecule is CSCCCC#CC1CC1. The Labute approximate surface area is 67.8 Å². The lowest BCUT2D eigenvalue weighted by Gasteiger charge is -1.87. The molecule has 1 saturated carbocycles. The van der Waals surface area contributed by atoms with Crippen molar-refractivity contribution in [3.05, 3.63) is 0 Å². The zero-order valence-corrected chi connectivity index (χ0v) is 7.34. The summed E-state index contributed by atoms with van der Waals surface area (Å²) in [6.45, 7) is 0. The number of hydrogen-bond donors (Lipinski definition) is 0. The summed E-state index contributed by atoms with van der Waals surface area (Å²) in [5.74, 6) is 8.52. The first kappa shape index (κ1) is 8.01. The predicted molar refractivity (Wildman–Crippen MR) is 48.1 cm³/mol. The Morgan fingerprint density at radius 2 is 2.30 bits per heavy atom. The van der Waals surface area contributed by atoms with E-state index in [4.69, 9.17) is 0 Å². The zero-order chi connectivity index (χ0) is 7.23. The van der Waals surface area contributed by atoms with Gasteiger partial charge in [-0.25, -0.2) is 0 Å². The van der Waals surface area contributed by atoms with E-state index in [9.17, 15) is 0 Å². The van der Waals surface area contributed by atoms with E-state index >= 15 is 0 Å². The van der Waals surface area contributed by atoms with Crippen LogP contribution in [0.1, 0.15) is 25.7 Å². The van der Waals surface area contributed by atoms with Crippen molar-refractivity contribution in [3.8, 4) is 11.8 Å². The van der Waals surface area contributed by atoms with E-state index in [0.29, 0.717) is 0 Å². The first-order valence-electron chi connectivity index (χ1n) is 3.91. The number of thioether (sulfide) groups is 1. The molecular weight excluding hydrogens is 140 g/mol. The molecule has 0 amide bonds. The molecule has 0 nitrogen and oxygen atoms in total. The van der Waals surface area contributed by atoms with E-state index in [1.807, 2.05) is 11.8 Å². The van der Waals surface area contributed by atoms with Crippen LogP contribution in [-0.4, -0.2) is 12.0 Å². The molecule has 1 rings (SSSR count). The van der Waals surface area contributed by atoms with E-state index in [1.165, 1.54) is 25.0 Å². The molecule has 1 fully saturated rings. The van der Waals surface area contributed by atoms with Gasteiger partial charge in [0, 0.05) is 12.3 Å². The highest BCUT2D eigenvalue weighted by atomic mass is 32.2. The number of rotatable bonds is 3. The summed E-state index contributed by atoms with van der Waals surface area (Å²) in [5.41, 5.74) is 0. The first-order valence-corrected chi connectivity index (χ1v) is 5.30. The molecule has 0 heterocycles. The topological polar surface area (TPSA) is 0 Å². The number of hydrogen-bond acceptors (Lipinski definition) is 1. The van der Waals surface area contributed by atoms with Gasteiger partial charge in [0.05, 0.1) is 0 Å². The Balaban J connectivity index is 1.89. The molecule has 10 heavy (non-hydrogen) atoms. The van der Waals surface area contributed by atoms with Crippen LogP contribution in [0.3, 0.4) is 0 Å². The molecule has 0 spiro atoms. The quantitative estimate of drug-likeness (QED) is 0.444. The fourth-order valence-electron chi connectivity index (χ4n) is 0.749. The van der Waals surface area contributed by atoms with Crippen molar-refractivity contribution >= 4 is 11.8 Å². The lowest BCUT2D eigenvalue weighted by atomic mass is 10.3. The molecule has 56 valence electrons. The fourth-order valence-corrected chi connectivity index (χ4v) is 1.18. The van der Waals surface area contributed by atoms with E-state index in [-0.39, 0.29) is 0 Å². The summed E-state index contributed by atoms with van der Waals surface area (Å²) in [6, 6.07) is 0. The molecule has 1 aliphatic rings. The van der Waals surface area contributed by atoms with Crippen LogP contribution in [0.25, 0.3) is 0 Å². The average molecular weight is 154 g/mol. The maximum absolute atomic E-state index is 3.26. The highest BCUT2D eigenvalue weighted by Crippen LogP contribution is 2.27. The Hall–Kier alpha value is -0.0900. The van der Waals surface area contributed by atoms with Gasteiger partial charge in [-0.15, -0.1) is 5.92 Å². The van der Waals surface area contributed by atoms with Crippen molar-refractivity contribution in [2.75, 3.05) is 12.0 Å². The molecule has 1 heteroatoms. The van der Waals surface area contributed by atoms with Crippen molar-refractivity contribution in [3.63, 3.8) is 0 Å². The molecule has 0 radical (unpaired) electrons. The minimum atomic E-state index is 0.786. The second-order valence-electron chi connectivity index (χ2n) is 2.69. The van der Waals surface area contributed by atoms with Gasteiger partial charge in [-0.2, -0.15) is 11.8 Å². The van der Waals surface area contributed by atoms with Gasteiger partial charge in [0.2, 0.25) is 0 Å². The third-order valence-electron chi connectivity index (χ3n) is 1.53. The van der Waals surface area contributed by atoms with Crippen LogP contribution in [0.4, 0.5) is 0 Å². The van der Waals surface area contributed by atoms with Gasteiger partial charge in [0.25, 0.3) is 0 Å². The summed E-state index contributed by atoms with van der Waals surface area (Å²) >= 11 is 1.91. The molecule has 0 bridgehead atoms. The van der Waals surface area contributed by atoms with Crippen LogP contribution in [0, 0.1) is 17.8 Å². The molecule has 0 unspecified atom stereocenters. The summed E-state index contributed by atoms with van der Waals surface area (Å²) in [6.07, 6.45) is 7.23. The lowest BCUT2D eigenvalue weighted by Crippen LogP contribution is -1.75. The van der Waals surface area contributed by atoms with Gasteiger partial charge >= 0.3 is 0 Å². The molecular formula is C9H14S. The van der Waals surface area contributed by atoms with Crippen LogP contribution < -0.4 is 0 Å². The van der Waals surface area contributed by atoms with Crippen LogP contribution in [0.2, 0.25) is 0 Å². The summed E-state index contributed by atoms with van der Waals surface area (Å²) in [4.78, 5) is 0. The molecule has 0 aromatic heterocycles. The van der Waals surface area contributed by atoms with Gasteiger partial charge < -0.3 is 0 Å². The van der Waals surface area contributed by atoms with Crippen molar-refractivity contribution in [1.29, 1.82) is 0 Å². The van der Waals surface area contributed by atoms with Gasteiger partial charge in [-0.1, -0.05) is 5.92 Å². The minimum Gasteiger partial charge on any atom is -0.165 e. The van der Waals surface area contributed by atoms with Gasteiger partial charge in [-0.05, 0) is 31.3 Å². The third-order valence-corrected chi connectivity index (χ3v) is 2.23. The predicted octanol–water partition coefficient (Wildman–Crippen LogP) is 2.54. The van der Waals surface area contributed by atoms with Gasteiger partial charge in [0.1, 0.15) is 0 Å². The highest BCUT2D eigenvalue weighted by molar-refractivity contribution is 7.98. The summed E-state index contributed by atoms with van der Waals surface area (Å²) in [5, 5.41) is 0. The zero-order valence-electron chi connectivity index (χ0n) is 6.52. The van der Waals surface area contributed by atoms with Gasteiger partial charge in [0.15, 0.2) is 0 Å². The first-order chi connectivity index (χ1) is 4.93. The van der Waals surface area contributed by atoms with Crippen molar-refractivity contribution < 1.29 is 0 Å². The minimum absolute atomic E-state index is 0.786. The third kappa shape index (κ3) is 3.85. The number of unbranched alkanes of at least 4 members (excludes halogenated alkanes) is 1. The molecule has 1 aliphatic carbocycles. The molecule has 0 saturated heterocycles. The van der Waals surface area contributed by atoms with E-state index in [1.54, 1.807) is 0 Å². The maximum atomic E-state index is 3.26. The highest BCUT2D eigenvalue weighted by Gasteiger charge is 2.17. The molecule has 0 N–H and O–H groups in total. The summed E-state index contributed by atoms with van der Waals surface area (Å²) in [7, 11) is 0. The monoisotopic (exact) mass is 154 g/mol. The molecule has 0 aromatic carbocycles.